The van der Waals surface area contributed by atoms with Crippen LogP contribution in [0.1, 0.15) is 11.7 Å². The summed E-state index contributed by atoms with van der Waals surface area (Å²) >= 11 is 1.99. The quantitative estimate of drug-likeness (QED) is 0.207. The van der Waals surface area contributed by atoms with Crippen molar-refractivity contribution >= 4 is 53.8 Å². The van der Waals surface area contributed by atoms with Gasteiger partial charge < -0.3 is 4.42 Å². The molecular weight excluding hydrogens is 581 g/mol. The first-order chi connectivity index (χ1) is 18.8. The fraction of sp³-hybridized carbons (Fsp3) is 0.0417. The molecule has 0 saturated heterocycles. The molecule has 15 heteroatoms. The lowest BCUT2D eigenvalue weighted by molar-refractivity contribution is 0.529. The summed E-state index contributed by atoms with van der Waals surface area (Å²) in [6.07, 6.45) is 3.33. The van der Waals surface area contributed by atoms with Gasteiger partial charge in [0, 0.05) is 11.8 Å². The molecule has 1 atom stereocenters. The van der Waals surface area contributed by atoms with Crippen LogP contribution in [0.25, 0.3) is 33.7 Å². The normalized spacial score (nSPS) is 13.1. The zero-order valence-corrected chi connectivity index (χ0v) is 22.9. The van der Waals surface area contributed by atoms with E-state index >= 15 is 0 Å². The molecule has 0 bridgehead atoms. The van der Waals surface area contributed by atoms with Crippen molar-refractivity contribution in [1.29, 1.82) is 0 Å². The summed E-state index contributed by atoms with van der Waals surface area (Å²) in [6.45, 7) is 0. The van der Waals surface area contributed by atoms with E-state index in [1.807, 2.05) is 0 Å². The maximum Gasteiger partial charge on any atom is 0.252 e. The molecule has 0 spiro atoms. The number of fused-ring (bicyclic) bond motifs is 1. The lowest BCUT2D eigenvalue weighted by Gasteiger charge is -2.20. The number of nitrogens with one attached hydrogen (secondary N) is 3. The van der Waals surface area contributed by atoms with E-state index in [-0.39, 0.29) is 19.8 Å². The fourth-order valence-electron chi connectivity index (χ4n) is 3.82. The molecule has 0 radical (unpaired) electrons. The van der Waals surface area contributed by atoms with E-state index in [1.54, 1.807) is 77.9 Å². The third-order valence-corrected chi connectivity index (χ3v) is 11.4. The minimum absolute atomic E-state index is 0.0528. The molecule has 0 amide bonds. The number of thiophene rings is 2. The Kier molecular flexibility index (Phi) is 6.62. The van der Waals surface area contributed by atoms with Gasteiger partial charge in [0.2, 0.25) is 0 Å². The maximum atomic E-state index is 13.7. The van der Waals surface area contributed by atoms with Gasteiger partial charge in [-0.3, -0.25) is 5.10 Å². The topological polar surface area (TPSA) is 160 Å². The number of rotatable bonds is 9. The van der Waals surface area contributed by atoms with E-state index in [4.69, 9.17) is 4.42 Å². The van der Waals surface area contributed by atoms with Crippen LogP contribution in [0.3, 0.4) is 0 Å². The van der Waals surface area contributed by atoms with Gasteiger partial charge in [0.15, 0.2) is 11.5 Å². The largest absolute Gasteiger partial charge is 0.464 e. The summed E-state index contributed by atoms with van der Waals surface area (Å²) in [6, 6.07) is 14.9. The molecule has 6 aromatic rings. The van der Waals surface area contributed by atoms with Gasteiger partial charge in [0.25, 0.3) is 20.0 Å². The van der Waals surface area contributed by atoms with Crippen molar-refractivity contribution in [3.63, 3.8) is 0 Å². The third-order valence-electron chi connectivity index (χ3n) is 5.66. The number of benzene rings is 1. The first kappa shape index (κ1) is 25.5. The van der Waals surface area contributed by atoms with Gasteiger partial charge in [-0.15, -0.1) is 22.7 Å². The van der Waals surface area contributed by atoms with Gasteiger partial charge in [0.05, 0.1) is 23.4 Å². The van der Waals surface area contributed by atoms with Gasteiger partial charge >= 0.3 is 0 Å². The predicted octanol–water partition coefficient (Wildman–Crippen LogP) is 4.36. The summed E-state index contributed by atoms with van der Waals surface area (Å²) < 4.78 is 64.0. The van der Waals surface area contributed by atoms with E-state index in [9.17, 15) is 16.8 Å². The van der Waals surface area contributed by atoms with Crippen molar-refractivity contribution in [2.45, 2.75) is 14.6 Å². The molecule has 0 aliphatic heterocycles. The number of furan rings is 1. The monoisotopic (exact) mass is 598 g/mol. The molecule has 198 valence electrons. The Bertz CT molecular complexity index is 1950. The second kappa shape index (κ2) is 10.1. The summed E-state index contributed by atoms with van der Waals surface area (Å²) in [4.78, 5) is 8.67. The number of sulfonamides is 2. The van der Waals surface area contributed by atoms with Crippen molar-refractivity contribution < 1.29 is 21.3 Å². The van der Waals surface area contributed by atoms with Gasteiger partial charge in [-0.2, -0.15) is 14.5 Å². The molecule has 1 unspecified atom stereocenters. The number of H-pyrrole nitrogens is 1. The van der Waals surface area contributed by atoms with E-state index in [1.165, 1.54) is 6.07 Å². The van der Waals surface area contributed by atoms with Crippen LogP contribution in [-0.4, -0.2) is 37.0 Å². The summed E-state index contributed by atoms with van der Waals surface area (Å²) in [5, 5.41) is 10.6. The molecule has 0 saturated carbocycles. The minimum atomic E-state index is -4.26. The van der Waals surface area contributed by atoms with E-state index < -0.39 is 26.2 Å². The molecule has 11 nitrogen and oxygen atoms in total. The van der Waals surface area contributed by atoms with Gasteiger partial charge in [-0.25, -0.2) is 26.8 Å². The Hall–Kier alpha value is -3.73. The number of hydrogen-bond donors (Lipinski definition) is 3. The molecule has 5 aromatic heterocycles. The van der Waals surface area contributed by atoms with Crippen molar-refractivity contribution in [1.82, 2.24) is 29.6 Å². The Balaban J connectivity index is 1.36. The summed E-state index contributed by atoms with van der Waals surface area (Å²) in [5.41, 5.74) is 1.86. The van der Waals surface area contributed by atoms with Gasteiger partial charge in [-0.1, -0.05) is 30.3 Å². The van der Waals surface area contributed by atoms with Crippen LogP contribution in [0.5, 0.6) is 0 Å². The molecule has 3 N–H and O–H groups in total. The SMILES string of the molecule is O=S(=O)(NC(NS(=O)(=O)c1sccc1-c1ncc2cn[nH]c2n1)c1ccc(-c2ccco2)cc1)c1cccs1. The molecule has 0 aliphatic carbocycles. The maximum absolute atomic E-state index is 13.7. The summed E-state index contributed by atoms with van der Waals surface area (Å²) in [5.74, 6) is 0.808. The van der Waals surface area contributed by atoms with Crippen molar-refractivity contribution in [3.8, 4) is 22.7 Å². The third kappa shape index (κ3) is 5.15. The van der Waals surface area contributed by atoms with E-state index in [2.05, 4.69) is 29.6 Å². The van der Waals surface area contributed by atoms with E-state index in [0.29, 0.717) is 22.4 Å². The zero-order chi connectivity index (χ0) is 27.0. The Morgan fingerprint density at radius 2 is 1.69 bits per heavy atom. The number of nitrogens with zero attached hydrogens (tertiary/aromatic N) is 3. The molecule has 0 aliphatic rings. The highest BCUT2D eigenvalue weighted by molar-refractivity contribution is 7.92. The zero-order valence-electron chi connectivity index (χ0n) is 19.7. The van der Waals surface area contributed by atoms with Crippen LogP contribution in [0.4, 0.5) is 0 Å². The summed E-state index contributed by atoms with van der Waals surface area (Å²) in [7, 11) is -8.31. The first-order valence-electron chi connectivity index (χ1n) is 11.3. The average Bonchev–Trinajstić information content (AvgIpc) is 3.75. The molecule has 39 heavy (non-hydrogen) atoms. The van der Waals surface area contributed by atoms with Crippen LogP contribution >= 0.6 is 22.7 Å². The molecule has 1 aromatic carbocycles. The van der Waals surface area contributed by atoms with Gasteiger partial charge in [0.1, 0.15) is 20.3 Å². The van der Waals surface area contributed by atoms with Crippen LogP contribution in [0, 0.1) is 0 Å². The number of aromatic amines is 1. The van der Waals surface area contributed by atoms with Crippen LogP contribution < -0.4 is 9.44 Å². The number of aromatic nitrogens is 4. The lowest BCUT2D eigenvalue weighted by atomic mass is 10.1. The van der Waals surface area contributed by atoms with Gasteiger partial charge in [-0.05, 0) is 40.6 Å². The fourth-order valence-corrected chi connectivity index (χ4v) is 8.53. The standard InChI is InChI=1S/C24H18N6O5S4/c31-38(32,20-4-2-11-36-20)29-22(16-7-5-15(6-8-16)19-3-1-10-35-19)30-39(33,34)24-18(9-12-37-24)23-25-13-17-14-26-28-21(17)27-23/h1-14,22,29-30H,(H,25,26,27,28). The Morgan fingerprint density at radius 1 is 0.872 bits per heavy atom. The molecule has 0 fully saturated rings. The number of hydrogen-bond acceptors (Lipinski definition) is 10. The van der Waals surface area contributed by atoms with E-state index in [0.717, 1.165) is 28.2 Å². The van der Waals surface area contributed by atoms with Crippen LogP contribution in [-0.2, 0) is 20.0 Å². The first-order valence-corrected chi connectivity index (χ1v) is 16.0. The minimum Gasteiger partial charge on any atom is -0.464 e. The highest BCUT2D eigenvalue weighted by Crippen LogP contribution is 2.32. The highest BCUT2D eigenvalue weighted by Gasteiger charge is 2.30. The van der Waals surface area contributed by atoms with Crippen LogP contribution in [0.2, 0.25) is 0 Å². The predicted molar refractivity (Wildman–Crippen MR) is 147 cm³/mol. The smallest absolute Gasteiger partial charge is 0.252 e. The lowest BCUT2D eigenvalue weighted by Crippen LogP contribution is -2.40. The molecule has 6 rings (SSSR count). The van der Waals surface area contributed by atoms with Crippen LogP contribution in [0.15, 0.2) is 96.8 Å². The second-order valence-electron chi connectivity index (χ2n) is 8.20. The Labute approximate surface area is 230 Å². The Morgan fingerprint density at radius 3 is 2.44 bits per heavy atom. The van der Waals surface area contributed by atoms with Crippen molar-refractivity contribution in [3.05, 3.63) is 89.6 Å². The van der Waals surface area contributed by atoms with Crippen molar-refractivity contribution in [2.24, 2.45) is 0 Å². The highest BCUT2D eigenvalue weighted by atomic mass is 32.3. The van der Waals surface area contributed by atoms with Crippen molar-refractivity contribution in [2.75, 3.05) is 0 Å². The molecular formula is C24H18N6O5S4. The average molecular weight is 599 g/mol. The second-order valence-corrected chi connectivity index (χ2v) is 13.9. The molecule has 5 heterocycles.